The Hall–Kier alpha value is -2.24. The number of hydrogen-bond acceptors (Lipinski definition) is 5. The van der Waals surface area contributed by atoms with Crippen LogP contribution < -0.4 is 5.73 Å². The second-order valence-corrected chi connectivity index (χ2v) is 2.79. The van der Waals surface area contributed by atoms with Gasteiger partial charge in [0.2, 0.25) is 0 Å². The molecule has 0 fully saturated rings. The van der Waals surface area contributed by atoms with Gasteiger partial charge >= 0.3 is 12.1 Å². The molecular weight excluding hydrogens is 226 g/mol. The molecule has 3 N–H and O–H groups in total. The zero-order chi connectivity index (χ0) is 13.3. The molecule has 1 amide bonds. The number of rotatable bonds is 2. The van der Waals surface area contributed by atoms with Gasteiger partial charge in [0.05, 0.1) is 19.3 Å². The monoisotopic (exact) mass is 241 g/mol. The number of phenols is 1. The molecule has 0 saturated heterocycles. The van der Waals surface area contributed by atoms with E-state index < -0.39 is 12.1 Å². The van der Waals surface area contributed by atoms with E-state index in [0.29, 0.717) is 12.2 Å². The maximum absolute atomic E-state index is 10.8. The van der Waals surface area contributed by atoms with E-state index in [1.54, 1.807) is 6.92 Å². The van der Waals surface area contributed by atoms with E-state index in [1.165, 1.54) is 31.4 Å². The average Bonchev–Trinajstić information content (AvgIpc) is 2.29. The van der Waals surface area contributed by atoms with Gasteiger partial charge in [0.25, 0.3) is 0 Å². The first-order chi connectivity index (χ1) is 8.01. The summed E-state index contributed by atoms with van der Waals surface area (Å²) in [6, 6.07) is 5.88. The third kappa shape index (κ3) is 6.77. The molecule has 1 aromatic carbocycles. The van der Waals surface area contributed by atoms with Crippen LogP contribution in [0.5, 0.6) is 5.75 Å². The van der Waals surface area contributed by atoms with E-state index in [-0.39, 0.29) is 5.75 Å². The summed E-state index contributed by atoms with van der Waals surface area (Å²) in [6.45, 7) is 2.06. The molecule has 0 aliphatic rings. The van der Waals surface area contributed by atoms with E-state index >= 15 is 0 Å². The van der Waals surface area contributed by atoms with Gasteiger partial charge in [-0.25, -0.2) is 9.59 Å². The molecule has 94 valence electrons. The number of methoxy groups -OCH3 is 1. The summed E-state index contributed by atoms with van der Waals surface area (Å²) in [4.78, 5) is 20.4. The molecule has 0 spiro atoms. The molecular formula is C11H15NO5. The minimum atomic E-state index is -0.711. The zero-order valence-corrected chi connectivity index (χ0v) is 9.67. The van der Waals surface area contributed by atoms with Gasteiger partial charge in [0.15, 0.2) is 0 Å². The Labute approximate surface area is 98.9 Å². The van der Waals surface area contributed by atoms with Crippen LogP contribution in [0.25, 0.3) is 0 Å². The summed E-state index contributed by atoms with van der Waals surface area (Å²) in [6.07, 6.45) is -0.711. The molecule has 0 atom stereocenters. The number of esters is 1. The second-order valence-electron chi connectivity index (χ2n) is 2.79. The number of primary amides is 1. The molecule has 1 aromatic rings. The first-order valence-corrected chi connectivity index (χ1v) is 4.80. The van der Waals surface area contributed by atoms with E-state index in [1.807, 2.05) is 0 Å². The van der Waals surface area contributed by atoms with Gasteiger partial charge in [0.1, 0.15) is 5.75 Å². The van der Waals surface area contributed by atoms with Gasteiger partial charge in [-0.05, 0) is 31.2 Å². The number of benzene rings is 1. The number of nitrogens with two attached hydrogens (primary N) is 1. The van der Waals surface area contributed by atoms with Crippen molar-refractivity contribution in [3.63, 3.8) is 0 Å². The topological polar surface area (TPSA) is 98.9 Å². The van der Waals surface area contributed by atoms with Crippen LogP contribution in [-0.2, 0) is 9.47 Å². The molecule has 0 aliphatic heterocycles. The molecule has 1 rings (SSSR count). The lowest BCUT2D eigenvalue weighted by Gasteiger charge is -1.97. The SMILES string of the molecule is CCOC(N)=O.COC(=O)c1ccc(O)cc1. The second kappa shape index (κ2) is 7.98. The van der Waals surface area contributed by atoms with Crippen LogP contribution in [0.15, 0.2) is 24.3 Å². The van der Waals surface area contributed by atoms with E-state index in [0.717, 1.165) is 0 Å². The standard InChI is InChI=1S/C8H8O3.C3H7NO2/c1-11-8(10)6-2-4-7(9)5-3-6;1-2-6-3(4)5/h2-5,9H,1H3;2H2,1H3,(H2,4,5). The van der Waals surface area contributed by atoms with E-state index in [9.17, 15) is 9.59 Å². The number of aromatic hydroxyl groups is 1. The average molecular weight is 241 g/mol. The summed E-state index contributed by atoms with van der Waals surface area (Å²) in [7, 11) is 1.31. The third-order valence-corrected chi connectivity index (χ3v) is 1.57. The number of carbonyl (C=O) groups is 2. The van der Waals surface area contributed by atoms with Crippen molar-refractivity contribution < 1.29 is 24.2 Å². The molecule has 6 nitrogen and oxygen atoms in total. The fraction of sp³-hybridized carbons (Fsp3) is 0.273. The summed E-state index contributed by atoms with van der Waals surface area (Å²) < 4.78 is 8.64. The minimum absolute atomic E-state index is 0.137. The Morgan fingerprint density at radius 1 is 1.29 bits per heavy atom. The van der Waals surface area contributed by atoms with Crippen LogP contribution in [0, 0.1) is 0 Å². The number of amides is 1. The van der Waals surface area contributed by atoms with Gasteiger partial charge in [-0.1, -0.05) is 0 Å². The predicted octanol–water partition coefficient (Wildman–Crippen LogP) is 1.28. The largest absolute Gasteiger partial charge is 0.508 e. The molecule has 0 radical (unpaired) electrons. The van der Waals surface area contributed by atoms with Crippen LogP contribution in [-0.4, -0.2) is 30.9 Å². The zero-order valence-electron chi connectivity index (χ0n) is 9.67. The number of ether oxygens (including phenoxy) is 2. The van der Waals surface area contributed by atoms with E-state index in [2.05, 4.69) is 15.2 Å². The van der Waals surface area contributed by atoms with Gasteiger partial charge in [0, 0.05) is 0 Å². The number of phenolic OH excluding ortho intramolecular Hbond substituents is 1. The maximum atomic E-state index is 10.8. The highest BCUT2D eigenvalue weighted by molar-refractivity contribution is 5.89. The number of hydrogen-bond donors (Lipinski definition) is 2. The van der Waals surface area contributed by atoms with Crippen LogP contribution in [0.4, 0.5) is 4.79 Å². The smallest absolute Gasteiger partial charge is 0.404 e. The Bertz CT molecular complexity index is 361. The minimum Gasteiger partial charge on any atom is -0.508 e. The van der Waals surface area contributed by atoms with Crippen LogP contribution in [0.2, 0.25) is 0 Å². The Balaban J connectivity index is 0.000000366. The quantitative estimate of drug-likeness (QED) is 0.760. The normalized spacial score (nSPS) is 8.59. The Morgan fingerprint density at radius 2 is 1.82 bits per heavy atom. The van der Waals surface area contributed by atoms with Gasteiger partial charge < -0.3 is 20.3 Å². The highest BCUT2D eigenvalue weighted by Gasteiger charge is 2.02. The first kappa shape index (κ1) is 14.8. The predicted molar refractivity (Wildman–Crippen MR) is 60.7 cm³/mol. The molecule has 0 saturated carbocycles. The summed E-state index contributed by atoms with van der Waals surface area (Å²) >= 11 is 0. The Kier molecular flexibility index (Phi) is 6.92. The van der Waals surface area contributed by atoms with Crippen molar-refractivity contribution in [3.8, 4) is 5.75 Å². The summed E-state index contributed by atoms with van der Waals surface area (Å²) in [5, 5.41) is 8.86. The fourth-order valence-corrected chi connectivity index (χ4v) is 0.858. The van der Waals surface area contributed by atoms with Crippen molar-refractivity contribution in [1.29, 1.82) is 0 Å². The first-order valence-electron chi connectivity index (χ1n) is 4.80. The lowest BCUT2D eigenvalue weighted by molar-refractivity contribution is 0.0600. The van der Waals surface area contributed by atoms with E-state index in [4.69, 9.17) is 5.11 Å². The van der Waals surface area contributed by atoms with Crippen molar-refractivity contribution in [2.45, 2.75) is 6.92 Å². The molecule has 0 unspecified atom stereocenters. The van der Waals surface area contributed by atoms with Crippen molar-refractivity contribution in [1.82, 2.24) is 0 Å². The van der Waals surface area contributed by atoms with Crippen LogP contribution >= 0.6 is 0 Å². The summed E-state index contributed by atoms with van der Waals surface area (Å²) in [5.41, 5.74) is 4.98. The van der Waals surface area contributed by atoms with Crippen molar-refractivity contribution in [2.24, 2.45) is 5.73 Å². The van der Waals surface area contributed by atoms with Gasteiger partial charge in [-0.15, -0.1) is 0 Å². The molecule has 0 bridgehead atoms. The molecule has 0 heterocycles. The van der Waals surface area contributed by atoms with Crippen LogP contribution in [0.3, 0.4) is 0 Å². The maximum Gasteiger partial charge on any atom is 0.404 e. The van der Waals surface area contributed by atoms with Crippen LogP contribution in [0.1, 0.15) is 17.3 Å². The lowest BCUT2D eigenvalue weighted by atomic mass is 10.2. The molecule has 0 aliphatic carbocycles. The fourth-order valence-electron chi connectivity index (χ4n) is 0.858. The van der Waals surface area contributed by atoms with Crippen molar-refractivity contribution in [3.05, 3.63) is 29.8 Å². The highest BCUT2D eigenvalue weighted by Crippen LogP contribution is 2.09. The molecule has 6 heteroatoms. The number of carbonyl (C=O) groups excluding carboxylic acids is 2. The molecule has 17 heavy (non-hydrogen) atoms. The van der Waals surface area contributed by atoms with Crippen molar-refractivity contribution >= 4 is 12.1 Å². The Morgan fingerprint density at radius 3 is 2.12 bits per heavy atom. The summed E-state index contributed by atoms with van der Waals surface area (Å²) in [5.74, 6) is -0.261. The lowest BCUT2D eigenvalue weighted by Crippen LogP contribution is -2.11. The van der Waals surface area contributed by atoms with Crippen molar-refractivity contribution in [2.75, 3.05) is 13.7 Å². The molecule has 0 aromatic heterocycles. The highest BCUT2D eigenvalue weighted by atomic mass is 16.5. The third-order valence-electron chi connectivity index (χ3n) is 1.57. The van der Waals surface area contributed by atoms with Gasteiger partial charge in [-0.3, -0.25) is 0 Å². The van der Waals surface area contributed by atoms with Gasteiger partial charge in [-0.2, -0.15) is 0 Å².